The molecule has 1 aromatic heterocycles. The van der Waals surface area contributed by atoms with Crippen LogP contribution in [0, 0.1) is 0 Å². The highest BCUT2D eigenvalue weighted by Gasteiger charge is 2.13. The molecule has 0 aliphatic heterocycles. The Kier molecular flexibility index (Phi) is 3.93. The molecule has 0 spiro atoms. The third-order valence-electron chi connectivity index (χ3n) is 2.20. The maximum Gasteiger partial charge on any atom is 0.107 e. The molecule has 0 aliphatic rings. The molecule has 1 atom stereocenters. The second-order valence-corrected chi connectivity index (χ2v) is 6.28. The van der Waals surface area contributed by atoms with Crippen molar-refractivity contribution in [2.75, 3.05) is 0 Å². The number of rotatable bonds is 2. The third kappa shape index (κ3) is 2.60. The first-order chi connectivity index (χ1) is 7.58. The van der Waals surface area contributed by atoms with Gasteiger partial charge in [0, 0.05) is 14.4 Å². The van der Waals surface area contributed by atoms with Crippen LogP contribution in [0.2, 0.25) is 9.36 Å². The lowest BCUT2D eigenvalue weighted by atomic mass is 10.1. The number of halogens is 3. The summed E-state index contributed by atoms with van der Waals surface area (Å²) in [5, 5.41) is 0.710. The predicted molar refractivity (Wildman–Crippen MR) is 74.5 cm³/mol. The van der Waals surface area contributed by atoms with E-state index in [-0.39, 0.29) is 6.04 Å². The van der Waals surface area contributed by atoms with Crippen molar-refractivity contribution >= 4 is 50.5 Å². The lowest BCUT2D eigenvalue weighted by molar-refractivity contribution is 0.893. The number of thiophene rings is 1. The van der Waals surface area contributed by atoms with Gasteiger partial charge in [0.1, 0.15) is 4.34 Å². The van der Waals surface area contributed by atoms with Crippen LogP contribution in [0.4, 0.5) is 0 Å². The SMILES string of the molecule is NC(c1ccc(Cl)cc1)c1cc(Br)c(Cl)s1. The summed E-state index contributed by atoms with van der Waals surface area (Å²) in [7, 11) is 0. The molecule has 0 saturated heterocycles. The molecule has 5 heteroatoms. The summed E-state index contributed by atoms with van der Waals surface area (Å²) >= 11 is 16.7. The smallest absolute Gasteiger partial charge is 0.107 e. The summed E-state index contributed by atoms with van der Waals surface area (Å²) < 4.78 is 1.61. The van der Waals surface area contributed by atoms with E-state index in [1.165, 1.54) is 11.3 Å². The van der Waals surface area contributed by atoms with Crippen molar-refractivity contribution in [3.05, 3.63) is 54.6 Å². The number of nitrogens with two attached hydrogens (primary N) is 1. The van der Waals surface area contributed by atoms with Gasteiger partial charge in [0.15, 0.2) is 0 Å². The predicted octanol–water partition coefficient (Wildman–Crippen LogP) is 4.87. The van der Waals surface area contributed by atoms with Gasteiger partial charge >= 0.3 is 0 Å². The lowest BCUT2D eigenvalue weighted by Crippen LogP contribution is -2.09. The molecule has 0 bridgehead atoms. The van der Waals surface area contributed by atoms with E-state index in [4.69, 9.17) is 28.9 Å². The van der Waals surface area contributed by atoms with Crippen LogP contribution in [0.3, 0.4) is 0 Å². The summed E-state index contributed by atoms with van der Waals surface area (Å²) in [4.78, 5) is 1.03. The molecule has 16 heavy (non-hydrogen) atoms. The molecule has 0 saturated carbocycles. The van der Waals surface area contributed by atoms with Crippen LogP contribution < -0.4 is 5.73 Å². The van der Waals surface area contributed by atoms with Crippen LogP contribution >= 0.6 is 50.5 Å². The molecule has 1 nitrogen and oxygen atoms in total. The van der Waals surface area contributed by atoms with Crippen LogP contribution in [0.25, 0.3) is 0 Å². The van der Waals surface area contributed by atoms with E-state index in [0.717, 1.165) is 19.2 Å². The minimum absolute atomic E-state index is 0.161. The summed E-state index contributed by atoms with van der Waals surface area (Å²) in [6.45, 7) is 0. The molecule has 0 aliphatic carbocycles. The Morgan fingerprint density at radius 3 is 2.31 bits per heavy atom. The quantitative estimate of drug-likeness (QED) is 0.832. The Labute approximate surface area is 116 Å². The van der Waals surface area contributed by atoms with Crippen LogP contribution in [-0.2, 0) is 0 Å². The van der Waals surface area contributed by atoms with Crippen molar-refractivity contribution in [1.29, 1.82) is 0 Å². The van der Waals surface area contributed by atoms with E-state index in [2.05, 4.69) is 15.9 Å². The van der Waals surface area contributed by atoms with E-state index in [0.29, 0.717) is 5.02 Å². The summed E-state index contributed by atoms with van der Waals surface area (Å²) in [6.07, 6.45) is 0. The Balaban J connectivity index is 2.31. The van der Waals surface area contributed by atoms with Crippen molar-refractivity contribution in [1.82, 2.24) is 0 Å². The Morgan fingerprint density at radius 2 is 1.81 bits per heavy atom. The summed E-state index contributed by atoms with van der Waals surface area (Å²) in [5.74, 6) is 0. The maximum atomic E-state index is 6.14. The van der Waals surface area contributed by atoms with Crippen molar-refractivity contribution in [3.63, 3.8) is 0 Å². The first kappa shape index (κ1) is 12.4. The largest absolute Gasteiger partial charge is 0.320 e. The zero-order valence-corrected chi connectivity index (χ0v) is 12.0. The van der Waals surface area contributed by atoms with Crippen LogP contribution in [0.15, 0.2) is 34.8 Å². The van der Waals surface area contributed by atoms with Crippen LogP contribution in [0.5, 0.6) is 0 Å². The van der Waals surface area contributed by atoms with Gasteiger partial charge in [-0.2, -0.15) is 0 Å². The van der Waals surface area contributed by atoms with E-state index < -0.39 is 0 Å². The number of hydrogen-bond acceptors (Lipinski definition) is 2. The fraction of sp³-hybridized carbons (Fsp3) is 0.0909. The highest BCUT2D eigenvalue weighted by Crippen LogP contribution is 2.36. The van der Waals surface area contributed by atoms with Gasteiger partial charge in [0.2, 0.25) is 0 Å². The van der Waals surface area contributed by atoms with Crippen molar-refractivity contribution < 1.29 is 0 Å². The summed E-state index contributed by atoms with van der Waals surface area (Å²) in [6, 6.07) is 9.31. The van der Waals surface area contributed by atoms with Gasteiger partial charge in [0.05, 0.1) is 6.04 Å². The van der Waals surface area contributed by atoms with Gasteiger partial charge < -0.3 is 5.73 Å². The normalized spacial score (nSPS) is 12.8. The first-order valence-electron chi connectivity index (χ1n) is 4.53. The molecular formula is C11H8BrCl2NS. The van der Waals surface area contributed by atoms with Crippen molar-refractivity contribution in [3.8, 4) is 0 Å². The number of hydrogen-bond donors (Lipinski definition) is 1. The Hall–Kier alpha value is -0.0600. The van der Waals surface area contributed by atoms with E-state index in [1.54, 1.807) is 0 Å². The molecule has 0 radical (unpaired) electrons. The van der Waals surface area contributed by atoms with Crippen molar-refractivity contribution in [2.24, 2.45) is 5.73 Å². The molecular weight excluding hydrogens is 329 g/mol. The summed E-state index contributed by atoms with van der Waals surface area (Å²) in [5.41, 5.74) is 7.16. The average Bonchev–Trinajstić information content (AvgIpc) is 2.59. The van der Waals surface area contributed by atoms with Gasteiger partial charge in [-0.25, -0.2) is 0 Å². The molecule has 1 aromatic carbocycles. The molecule has 2 N–H and O–H groups in total. The van der Waals surface area contributed by atoms with Gasteiger partial charge in [0.25, 0.3) is 0 Å². The molecule has 1 unspecified atom stereocenters. The van der Waals surface area contributed by atoms with Gasteiger partial charge in [-0.1, -0.05) is 35.3 Å². The minimum atomic E-state index is -0.161. The molecule has 84 valence electrons. The monoisotopic (exact) mass is 335 g/mol. The van der Waals surface area contributed by atoms with E-state index in [9.17, 15) is 0 Å². The van der Waals surface area contributed by atoms with Gasteiger partial charge in [-0.15, -0.1) is 11.3 Å². The third-order valence-corrected chi connectivity index (χ3v) is 5.01. The fourth-order valence-corrected chi connectivity index (χ4v) is 3.24. The first-order valence-corrected chi connectivity index (χ1v) is 6.90. The van der Waals surface area contributed by atoms with Gasteiger partial charge in [-0.3, -0.25) is 0 Å². The highest BCUT2D eigenvalue weighted by molar-refractivity contribution is 9.10. The second kappa shape index (κ2) is 5.07. The standard InChI is InChI=1S/C11H8BrCl2NS/c12-8-5-9(16-11(8)14)10(15)6-1-3-7(13)4-2-6/h1-5,10H,15H2. The zero-order chi connectivity index (χ0) is 11.7. The van der Waals surface area contributed by atoms with Gasteiger partial charge in [-0.05, 0) is 39.7 Å². The molecule has 2 rings (SSSR count). The second-order valence-electron chi connectivity index (χ2n) is 3.30. The number of benzene rings is 1. The van der Waals surface area contributed by atoms with Crippen LogP contribution in [-0.4, -0.2) is 0 Å². The molecule has 2 aromatic rings. The van der Waals surface area contributed by atoms with Crippen molar-refractivity contribution in [2.45, 2.75) is 6.04 Å². The van der Waals surface area contributed by atoms with Crippen LogP contribution in [0.1, 0.15) is 16.5 Å². The maximum absolute atomic E-state index is 6.14. The average molecular weight is 337 g/mol. The minimum Gasteiger partial charge on any atom is -0.320 e. The zero-order valence-electron chi connectivity index (χ0n) is 8.08. The van der Waals surface area contributed by atoms with E-state index in [1.807, 2.05) is 30.3 Å². The highest BCUT2D eigenvalue weighted by atomic mass is 79.9. The Bertz CT molecular complexity index is 476. The topological polar surface area (TPSA) is 26.0 Å². The lowest BCUT2D eigenvalue weighted by Gasteiger charge is -2.09. The molecule has 1 heterocycles. The fourth-order valence-electron chi connectivity index (χ4n) is 1.35. The van der Waals surface area contributed by atoms with E-state index >= 15 is 0 Å². The molecule has 0 fully saturated rings. The Morgan fingerprint density at radius 1 is 1.19 bits per heavy atom. The molecule has 0 amide bonds.